The molecule has 8 nitrogen and oxygen atoms in total. The molecule has 1 aromatic carbocycles. The molecule has 0 saturated carbocycles. The van der Waals surface area contributed by atoms with E-state index in [-0.39, 0.29) is 18.8 Å². The highest BCUT2D eigenvalue weighted by atomic mass is 16.6. The number of carbonyl (C=O) groups excluding carboxylic acids is 3. The van der Waals surface area contributed by atoms with Crippen molar-refractivity contribution < 1.29 is 33.3 Å². The highest BCUT2D eigenvalue weighted by Crippen LogP contribution is 2.40. The lowest BCUT2D eigenvalue weighted by molar-refractivity contribution is -0.157. The van der Waals surface area contributed by atoms with Crippen LogP contribution in [0.25, 0.3) is 0 Å². The topological polar surface area (TPSA) is 91.4 Å². The number of piperidine rings is 1. The molecule has 0 spiro atoms. The first-order chi connectivity index (χ1) is 13.6. The molecule has 1 saturated heterocycles. The minimum atomic E-state index is -0.998. The number of amides is 1. The molecular formula is C21H29NO7. The van der Waals surface area contributed by atoms with Gasteiger partial charge in [0, 0.05) is 0 Å². The third-order valence-corrected chi connectivity index (χ3v) is 4.82. The molecule has 0 radical (unpaired) electrons. The number of methoxy groups -OCH3 is 3. The van der Waals surface area contributed by atoms with Crippen molar-refractivity contribution in [2.45, 2.75) is 57.2 Å². The van der Waals surface area contributed by atoms with E-state index in [1.807, 2.05) is 24.3 Å². The summed E-state index contributed by atoms with van der Waals surface area (Å²) in [5.74, 6) is -0.817. The van der Waals surface area contributed by atoms with E-state index >= 15 is 0 Å². The highest BCUT2D eigenvalue weighted by Gasteiger charge is 2.48. The van der Waals surface area contributed by atoms with Crippen LogP contribution >= 0.6 is 0 Å². The summed E-state index contributed by atoms with van der Waals surface area (Å²) in [5.41, 5.74) is 0.0550. The lowest BCUT2D eigenvalue weighted by atomic mass is 9.81. The highest BCUT2D eigenvalue weighted by molar-refractivity contribution is 5.87. The van der Waals surface area contributed by atoms with Crippen LogP contribution in [0.1, 0.15) is 45.1 Å². The number of esters is 2. The second-order valence-corrected chi connectivity index (χ2v) is 7.88. The minimum Gasteiger partial charge on any atom is -0.496 e. The Balaban J connectivity index is 2.49. The summed E-state index contributed by atoms with van der Waals surface area (Å²) in [5, 5.41) is 0. The van der Waals surface area contributed by atoms with Crippen molar-refractivity contribution in [2.75, 3.05) is 21.3 Å². The fourth-order valence-corrected chi connectivity index (χ4v) is 3.60. The van der Waals surface area contributed by atoms with Crippen molar-refractivity contribution in [3.63, 3.8) is 0 Å². The Bertz CT molecular complexity index is 730. The van der Waals surface area contributed by atoms with Gasteiger partial charge in [0.1, 0.15) is 23.4 Å². The van der Waals surface area contributed by atoms with Crippen molar-refractivity contribution >= 4 is 18.0 Å². The maximum atomic E-state index is 12.9. The Morgan fingerprint density at radius 1 is 0.931 bits per heavy atom. The maximum Gasteiger partial charge on any atom is 0.411 e. The van der Waals surface area contributed by atoms with Crippen molar-refractivity contribution in [3.8, 4) is 5.75 Å². The maximum absolute atomic E-state index is 12.9. The normalized spacial score (nSPS) is 21.9. The zero-order chi connectivity index (χ0) is 21.8. The summed E-state index contributed by atoms with van der Waals surface area (Å²) in [4.78, 5) is 39.2. The Morgan fingerprint density at radius 2 is 1.45 bits per heavy atom. The van der Waals surface area contributed by atoms with Crippen LogP contribution in [0.2, 0.25) is 0 Å². The first kappa shape index (κ1) is 22.5. The fraction of sp³-hybridized carbons (Fsp3) is 0.571. The van der Waals surface area contributed by atoms with Gasteiger partial charge in [-0.05, 0) is 51.2 Å². The number of rotatable bonds is 4. The summed E-state index contributed by atoms with van der Waals surface area (Å²) >= 11 is 0. The van der Waals surface area contributed by atoms with E-state index in [2.05, 4.69) is 0 Å². The van der Waals surface area contributed by atoms with Crippen molar-refractivity contribution in [2.24, 2.45) is 0 Å². The third kappa shape index (κ3) is 5.19. The van der Waals surface area contributed by atoms with Gasteiger partial charge in [-0.3, -0.25) is 4.90 Å². The van der Waals surface area contributed by atoms with Gasteiger partial charge >= 0.3 is 18.0 Å². The lowest BCUT2D eigenvalue weighted by Crippen LogP contribution is -2.59. The SMILES string of the molecule is COC(=O)C1CC(c2ccccc2OC)CC(C(=O)OC)N1C(=O)OC(C)(C)C. The largest absolute Gasteiger partial charge is 0.496 e. The van der Waals surface area contributed by atoms with Gasteiger partial charge in [-0.15, -0.1) is 0 Å². The molecule has 160 valence electrons. The second kappa shape index (κ2) is 9.15. The monoisotopic (exact) mass is 407 g/mol. The molecule has 0 aliphatic carbocycles. The Hall–Kier alpha value is -2.77. The summed E-state index contributed by atoms with van der Waals surface area (Å²) in [7, 11) is 4.05. The number of hydrogen-bond donors (Lipinski definition) is 0. The van der Waals surface area contributed by atoms with E-state index in [1.165, 1.54) is 14.2 Å². The summed E-state index contributed by atoms with van der Waals surface area (Å²) in [6.07, 6.45) is -0.235. The predicted octanol–water partition coefficient (Wildman–Crippen LogP) is 2.89. The molecule has 1 amide bonds. The van der Waals surface area contributed by atoms with Crippen molar-refractivity contribution in [1.29, 1.82) is 0 Å². The Labute approximate surface area is 171 Å². The molecule has 1 aliphatic rings. The zero-order valence-electron chi connectivity index (χ0n) is 17.8. The number of benzene rings is 1. The molecule has 2 atom stereocenters. The van der Waals surface area contributed by atoms with Gasteiger partial charge < -0.3 is 18.9 Å². The quantitative estimate of drug-likeness (QED) is 0.560. The van der Waals surface area contributed by atoms with Gasteiger partial charge in [-0.1, -0.05) is 18.2 Å². The molecule has 29 heavy (non-hydrogen) atoms. The van der Waals surface area contributed by atoms with Crippen LogP contribution < -0.4 is 4.74 Å². The average molecular weight is 407 g/mol. The van der Waals surface area contributed by atoms with E-state index in [0.29, 0.717) is 5.75 Å². The van der Waals surface area contributed by atoms with E-state index in [0.717, 1.165) is 10.5 Å². The molecular weight excluding hydrogens is 378 g/mol. The second-order valence-electron chi connectivity index (χ2n) is 7.88. The van der Waals surface area contributed by atoms with Gasteiger partial charge in [0.2, 0.25) is 0 Å². The van der Waals surface area contributed by atoms with Gasteiger partial charge in [-0.25, -0.2) is 14.4 Å². The number of carbonyl (C=O) groups is 3. The van der Waals surface area contributed by atoms with Gasteiger partial charge in [0.25, 0.3) is 0 Å². The van der Waals surface area contributed by atoms with Crippen LogP contribution in [0, 0.1) is 0 Å². The molecule has 1 aliphatic heterocycles. The van der Waals surface area contributed by atoms with E-state index in [1.54, 1.807) is 27.9 Å². The van der Waals surface area contributed by atoms with Gasteiger partial charge in [0.05, 0.1) is 21.3 Å². The summed E-state index contributed by atoms with van der Waals surface area (Å²) in [6.45, 7) is 5.15. The molecule has 2 unspecified atom stereocenters. The molecule has 1 heterocycles. The van der Waals surface area contributed by atoms with Crippen LogP contribution in [0.15, 0.2) is 24.3 Å². The van der Waals surface area contributed by atoms with Crippen molar-refractivity contribution in [1.82, 2.24) is 4.90 Å². The van der Waals surface area contributed by atoms with Crippen LogP contribution in [0.5, 0.6) is 5.75 Å². The zero-order valence-corrected chi connectivity index (χ0v) is 17.8. The molecule has 2 rings (SSSR count). The summed E-state index contributed by atoms with van der Waals surface area (Å²) in [6, 6.07) is 5.40. The van der Waals surface area contributed by atoms with Crippen molar-refractivity contribution in [3.05, 3.63) is 29.8 Å². The van der Waals surface area contributed by atoms with E-state index in [9.17, 15) is 14.4 Å². The minimum absolute atomic E-state index is 0.224. The van der Waals surface area contributed by atoms with E-state index < -0.39 is 35.7 Å². The molecule has 1 fully saturated rings. The molecule has 0 N–H and O–H groups in total. The molecule has 0 bridgehead atoms. The standard InChI is InChI=1S/C21H29NO7/c1-21(2,3)29-20(25)22-15(18(23)27-5)11-13(12-16(22)19(24)28-6)14-9-7-8-10-17(14)26-4/h7-10,13,15-16H,11-12H2,1-6H3. The lowest BCUT2D eigenvalue weighted by Gasteiger charge is -2.42. The smallest absolute Gasteiger partial charge is 0.411 e. The molecule has 1 aromatic rings. The Morgan fingerprint density at radius 3 is 1.90 bits per heavy atom. The summed E-state index contributed by atoms with van der Waals surface area (Å²) < 4.78 is 20.8. The average Bonchev–Trinajstić information content (AvgIpc) is 2.70. The van der Waals surface area contributed by atoms with Crippen LogP contribution in [0.4, 0.5) is 4.79 Å². The number of nitrogens with zero attached hydrogens (tertiary/aromatic N) is 1. The van der Waals surface area contributed by atoms with Crippen LogP contribution in [0.3, 0.4) is 0 Å². The third-order valence-electron chi connectivity index (χ3n) is 4.82. The van der Waals surface area contributed by atoms with E-state index in [4.69, 9.17) is 18.9 Å². The number of para-hydroxylation sites is 1. The molecule has 0 aromatic heterocycles. The fourth-order valence-electron chi connectivity index (χ4n) is 3.60. The number of hydrogen-bond acceptors (Lipinski definition) is 7. The van der Waals surface area contributed by atoms with Gasteiger partial charge in [0.15, 0.2) is 0 Å². The predicted molar refractivity (Wildman–Crippen MR) is 105 cm³/mol. The first-order valence-corrected chi connectivity index (χ1v) is 9.42. The first-order valence-electron chi connectivity index (χ1n) is 9.42. The van der Waals surface area contributed by atoms with Crippen LogP contribution in [-0.2, 0) is 23.8 Å². The number of likely N-dealkylation sites (tertiary alicyclic amines) is 1. The van der Waals surface area contributed by atoms with Gasteiger partial charge in [-0.2, -0.15) is 0 Å². The van der Waals surface area contributed by atoms with Crippen LogP contribution in [-0.4, -0.2) is 61.9 Å². The number of ether oxygens (including phenoxy) is 4. The Kier molecular flexibility index (Phi) is 7.11. The molecule has 8 heteroatoms.